The van der Waals surface area contributed by atoms with Gasteiger partial charge in [-0.3, -0.25) is 4.98 Å². The maximum atomic E-state index is 8.61. The molecule has 1 heterocycles. The van der Waals surface area contributed by atoms with E-state index in [4.69, 9.17) is 5.26 Å². The molecule has 0 aromatic carbocycles. The van der Waals surface area contributed by atoms with Gasteiger partial charge in [0.15, 0.2) is 0 Å². The molecule has 0 aliphatic rings. The Labute approximate surface area is 79.2 Å². The van der Waals surface area contributed by atoms with Crippen LogP contribution in [0, 0.1) is 16.7 Å². The lowest BCUT2D eigenvalue weighted by molar-refractivity contribution is 0.369. The first-order valence-electron chi connectivity index (χ1n) is 4.41. The third-order valence-electron chi connectivity index (χ3n) is 1.94. The summed E-state index contributed by atoms with van der Waals surface area (Å²) in [5.74, 6) is 0. The Morgan fingerprint density at radius 3 is 2.77 bits per heavy atom. The SMILES string of the molecule is CC(C)(CC#N)Cc1ccccn1. The predicted molar refractivity (Wildman–Crippen MR) is 52.0 cm³/mol. The van der Waals surface area contributed by atoms with E-state index in [1.54, 1.807) is 6.20 Å². The second kappa shape index (κ2) is 4.04. The molecule has 0 amide bonds. The van der Waals surface area contributed by atoms with Crippen molar-refractivity contribution in [3.63, 3.8) is 0 Å². The Kier molecular flexibility index (Phi) is 3.02. The van der Waals surface area contributed by atoms with Crippen molar-refractivity contribution in [3.05, 3.63) is 30.1 Å². The van der Waals surface area contributed by atoms with E-state index in [2.05, 4.69) is 24.9 Å². The molecule has 13 heavy (non-hydrogen) atoms. The van der Waals surface area contributed by atoms with Crippen LogP contribution in [0.5, 0.6) is 0 Å². The molecule has 2 nitrogen and oxygen atoms in total. The van der Waals surface area contributed by atoms with Gasteiger partial charge < -0.3 is 0 Å². The standard InChI is InChI=1S/C11H14N2/c1-11(2,6-7-12)9-10-5-3-4-8-13-10/h3-5,8H,6,9H2,1-2H3. The molecule has 0 saturated heterocycles. The highest BCUT2D eigenvalue weighted by molar-refractivity contribution is 5.06. The molecule has 0 unspecified atom stereocenters. The Morgan fingerprint density at radius 2 is 2.23 bits per heavy atom. The maximum absolute atomic E-state index is 8.61. The fourth-order valence-electron chi connectivity index (χ4n) is 1.27. The molecule has 1 rings (SSSR count). The zero-order valence-corrected chi connectivity index (χ0v) is 8.12. The zero-order chi connectivity index (χ0) is 9.73. The summed E-state index contributed by atoms with van der Waals surface area (Å²) in [7, 11) is 0. The van der Waals surface area contributed by atoms with Crippen molar-refractivity contribution < 1.29 is 0 Å². The molecule has 2 heteroatoms. The van der Waals surface area contributed by atoms with E-state index in [0.717, 1.165) is 12.1 Å². The number of pyridine rings is 1. The molecule has 0 aliphatic carbocycles. The average Bonchev–Trinajstić information content (AvgIpc) is 2.04. The van der Waals surface area contributed by atoms with Gasteiger partial charge in [-0.25, -0.2) is 0 Å². The van der Waals surface area contributed by atoms with E-state index in [-0.39, 0.29) is 5.41 Å². The van der Waals surface area contributed by atoms with Gasteiger partial charge in [0, 0.05) is 18.3 Å². The van der Waals surface area contributed by atoms with Gasteiger partial charge in [0.2, 0.25) is 0 Å². The number of aromatic nitrogens is 1. The van der Waals surface area contributed by atoms with Crippen molar-refractivity contribution >= 4 is 0 Å². The van der Waals surface area contributed by atoms with Crippen molar-refractivity contribution in [1.29, 1.82) is 5.26 Å². The minimum absolute atomic E-state index is 0.0309. The quantitative estimate of drug-likeness (QED) is 0.706. The summed E-state index contributed by atoms with van der Waals surface area (Å²) in [4.78, 5) is 4.24. The van der Waals surface area contributed by atoms with Crippen LogP contribution in [0.25, 0.3) is 0 Å². The maximum Gasteiger partial charge on any atom is 0.0627 e. The topological polar surface area (TPSA) is 36.7 Å². The second-order valence-electron chi connectivity index (χ2n) is 4.00. The van der Waals surface area contributed by atoms with Crippen LogP contribution < -0.4 is 0 Å². The smallest absolute Gasteiger partial charge is 0.0627 e. The molecule has 1 aromatic rings. The number of nitriles is 1. The van der Waals surface area contributed by atoms with Gasteiger partial charge in [-0.15, -0.1) is 0 Å². The third kappa shape index (κ3) is 3.25. The Bertz CT molecular complexity index is 296. The molecule has 0 fully saturated rings. The summed E-state index contributed by atoms with van der Waals surface area (Å²) in [5, 5.41) is 8.61. The van der Waals surface area contributed by atoms with E-state index < -0.39 is 0 Å². The van der Waals surface area contributed by atoms with E-state index in [9.17, 15) is 0 Å². The highest BCUT2D eigenvalue weighted by atomic mass is 14.7. The van der Waals surface area contributed by atoms with Crippen molar-refractivity contribution in [2.75, 3.05) is 0 Å². The molecular weight excluding hydrogens is 160 g/mol. The molecule has 68 valence electrons. The monoisotopic (exact) mass is 174 g/mol. The molecule has 0 radical (unpaired) electrons. The van der Waals surface area contributed by atoms with Crippen molar-refractivity contribution in [1.82, 2.24) is 4.98 Å². The van der Waals surface area contributed by atoms with Gasteiger partial charge >= 0.3 is 0 Å². The van der Waals surface area contributed by atoms with Crippen molar-refractivity contribution in [2.24, 2.45) is 5.41 Å². The molecule has 0 N–H and O–H groups in total. The van der Waals surface area contributed by atoms with Gasteiger partial charge in [0.05, 0.1) is 6.07 Å². The fourth-order valence-corrected chi connectivity index (χ4v) is 1.27. The lowest BCUT2D eigenvalue weighted by atomic mass is 9.85. The largest absolute Gasteiger partial charge is 0.261 e. The number of hydrogen-bond donors (Lipinski definition) is 0. The van der Waals surface area contributed by atoms with Gasteiger partial charge in [0.25, 0.3) is 0 Å². The van der Waals surface area contributed by atoms with E-state index in [1.807, 2.05) is 18.2 Å². The predicted octanol–water partition coefficient (Wildman–Crippen LogP) is 2.56. The van der Waals surface area contributed by atoms with Crippen LogP contribution in [-0.4, -0.2) is 4.98 Å². The summed E-state index contributed by atoms with van der Waals surface area (Å²) >= 11 is 0. The van der Waals surface area contributed by atoms with Gasteiger partial charge in [0.1, 0.15) is 0 Å². The first-order valence-corrected chi connectivity index (χ1v) is 4.41. The second-order valence-corrected chi connectivity index (χ2v) is 4.00. The van der Waals surface area contributed by atoms with E-state index in [1.165, 1.54) is 0 Å². The zero-order valence-electron chi connectivity index (χ0n) is 8.12. The minimum Gasteiger partial charge on any atom is -0.261 e. The molecule has 1 aromatic heterocycles. The van der Waals surface area contributed by atoms with Crippen molar-refractivity contribution in [2.45, 2.75) is 26.7 Å². The van der Waals surface area contributed by atoms with Gasteiger partial charge in [-0.05, 0) is 24.0 Å². The Morgan fingerprint density at radius 1 is 1.46 bits per heavy atom. The van der Waals surface area contributed by atoms with Crippen molar-refractivity contribution in [3.8, 4) is 6.07 Å². The van der Waals surface area contributed by atoms with Crippen LogP contribution in [0.4, 0.5) is 0 Å². The summed E-state index contributed by atoms with van der Waals surface area (Å²) < 4.78 is 0. The van der Waals surface area contributed by atoms with Crippen LogP contribution in [0.15, 0.2) is 24.4 Å². The number of hydrogen-bond acceptors (Lipinski definition) is 2. The third-order valence-corrected chi connectivity index (χ3v) is 1.94. The lowest BCUT2D eigenvalue weighted by Crippen LogP contribution is -2.14. The normalized spacial score (nSPS) is 10.8. The Balaban J connectivity index is 2.65. The summed E-state index contributed by atoms with van der Waals surface area (Å²) in [6, 6.07) is 8.08. The molecule has 0 atom stereocenters. The van der Waals surface area contributed by atoms with Crippen LogP contribution in [0.2, 0.25) is 0 Å². The molecule has 0 spiro atoms. The fraction of sp³-hybridized carbons (Fsp3) is 0.455. The summed E-state index contributed by atoms with van der Waals surface area (Å²) in [6.45, 7) is 4.18. The Hall–Kier alpha value is -1.36. The first-order chi connectivity index (χ1) is 6.14. The van der Waals surface area contributed by atoms with Gasteiger partial charge in [-0.2, -0.15) is 5.26 Å². The molecule has 0 aliphatic heterocycles. The van der Waals surface area contributed by atoms with Crippen LogP contribution in [0.3, 0.4) is 0 Å². The van der Waals surface area contributed by atoms with Crippen LogP contribution in [0.1, 0.15) is 26.0 Å². The number of nitrogens with zero attached hydrogens (tertiary/aromatic N) is 2. The first kappa shape index (κ1) is 9.73. The number of rotatable bonds is 3. The molecule has 0 saturated carbocycles. The van der Waals surface area contributed by atoms with Gasteiger partial charge in [-0.1, -0.05) is 19.9 Å². The molecular formula is C11H14N2. The summed E-state index contributed by atoms with van der Waals surface area (Å²) in [6.07, 6.45) is 3.22. The minimum atomic E-state index is 0.0309. The van der Waals surface area contributed by atoms with Crippen LogP contribution >= 0.6 is 0 Å². The van der Waals surface area contributed by atoms with Crippen LogP contribution in [-0.2, 0) is 6.42 Å². The van der Waals surface area contributed by atoms with E-state index >= 15 is 0 Å². The average molecular weight is 174 g/mol. The molecule has 0 bridgehead atoms. The van der Waals surface area contributed by atoms with E-state index in [0.29, 0.717) is 6.42 Å². The summed E-state index contributed by atoms with van der Waals surface area (Å²) in [5.41, 5.74) is 1.09. The lowest BCUT2D eigenvalue weighted by Gasteiger charge is -2.19. The highest BCUT2D eigenvalue weighted by Crippen LogP contribution is 2.23. The highest BCUT2D eigenvalue weighted by Gasteiger charge is 2.18.